The van der Waals surface area contributed by atoms with Gasteiger partial charge in [-0.25, -0.2) is 0 Å². The minimum Gasteiger partial charge on any atom is -0.497 e. The van der Waals surface area contributed by atoms with Crippen LogP contribution in [0.1, 0.15) is 5.56 Å². The van der Waals surface area contributed by atoms with Crippen LogP contribution in [0.2, 0.25) is 0 Å². The van der Waals surface area contributed by atoms with E-state index >= 15 is 0 Å². The number of H-pyrrole nitrogens is 1. The van der Waals surface area contributed by atoms with Gasteiger partial charge in [0.2, 0.25) is 5.91 Å². The Morgan fingerprint density at radius 3 is 2.61 bits per heavy atom. The van der Waals surface area contributed by atoms with E-state index in [9.17, 15) is 4.79 Å². The fourth-order valence-electron chi connectivity index (χ4n) is 2.18. The zero-order valence-corrected chi connectivity index (χ0v) is 12.6. The first kappa shape index (κ1) is 14.8. The third-order valence-electron chi connectivity index (χ3n) is 3.36. The molecule has 1 aromatic carbocycles. The molecule has 6 heteroatoms. The van der Waals surface area contributed by atoms with Gasteiger partial charge in [0.25, 0.3) is 0 Å². The Bertz CT molecular complexity index is 782. The van der Waals surface area contributed by atoms with Gasteiger partial charge in [-0.3, -0.25) is 14.9 Å². The molecule has 0 aliphatic carbocycles. The van der Waals surface area contributed by atoms with E-state index in [2.05, 4.69) is 20.5 Å². The van der Waals surface area contributed by atoms with Crippen molar-refractivity contribution in [2.45, 2.75) is 6.42 Å². The summed E-state index contributed by atoms with van der Waals surface area (Å²) in [7, 11) is 1.61. The van der Waals surface area contributed by atoms with Crippen molar-refractivity contribution in [2.24, 2.45) is 0 Å². The van der Waals surface area contributed by atoms with Crippen LogP contribution in [0.15, 0.2) is 54.9 Å². The Kier molecular flexibility index (Phi) is 4.33. The molecule has 2 aromatic heterocycles. The molecule has 3 rings (SSSR count). The van der Waals surface area contributed by atoms with E-state index in [0.29, 0.717) is 5.82 Å². The molecular formula is C17H16N4O2. The lowest BCUT2D eigenvalue weighted by atomic mass is 10.1. The van der Waals surface area contributed by atoms with Crippen LogP contribution >= 0.6 is 0 Å². The molecule has 2 heterocycles. The second-order valence-corrected chi connectivity index (χ2v) is 4.98. The number of amides is 1. The highest BCUT2D eigenvalue weighted by molar-refractivity contribution is 5.91. The Balaban J connectivity index is 1.63. The molecule has 1 amide bonds. The van der Waals surface area contributed by atoms with Gasteiger partial charge in [-0.2, -0.15) is 5.10 Å². The van der Waals surface area contributed by atoms with Crippen molar-refractivity contribution in [1.29, 1.82) is 0 Å². The number of hydrogen-bond acceptors (Lipinski definition) is 4. The number of benzene rings is 1. The van der Waals surface area contributed by atoms with Gasteiger partial charge < -0.3 is 10.1 Å². The summed E-state index contributed by atoms with van der Waals surface area (Å²) in [6.45, 7) is 0. The maximum atomic E-state index is 12.1. The van der Waals surface area contributed by atoms with Crippen molar-refractivity contribution in [3.8, 4) is 17.0 Å². The van der Waals surface area contributed by atoms with E-state index in [1.54, 1.807) is 25.6 Å². The van der Waals surface area contributed by atoms with Gasteiger partial charge in [-0.05, 0) is 29.8 Å². The molecule has 0 atom stereocenters. The van der Waals surface area contributed by atoms with Crippen molar-refractivity contribution < 1.29 is 9.53 Å². The van der Waals surface area contributed by atoms with Crippen LogP contribution in [0.5, 0.6) is 5.75 Å². The normalized spacial score (nSPS) is 10.3. The molecule has 0 radical (unpaired) electrons. The Morgan fingerprint density at radius 2 is 1.91 bits per heavy atom. The van der Waals surface area contributed by atoms with E-state index in [1.807, 2.05) is 36.4 Å². The molecule has 0 fully saturated rings. The van der Waals surface area contributed by atoms with Crippen molar-refractivity contribution in [2.75, 3.05) is 12.4 Å². The minimum atomic E-state index is -0.122. The lowest BCUT2D eigenvalue weighted by Gasteiger charge is -2.03. The minimum absolute atomic E-state index is 0.122. The van der Waals surface area contributed by atoms with Crippen LogP contribution in [-0.4, -0.2) is 28.2 Å². The number of pyridine rings is 1. The van der Waals surface area contributed by atoms with Gasteiger partial charge in [0, 0.05) is 24.0 Å². The third kappa shape index (κ3) is 3.74. The maximum absolute atomic E-state index is 12.1. The average Bonchev–Trinajstić information content (AvgIpc) is 3.04. The molecule has 0 saturated carbocycles. The number of nitrogens with one attached hydrogen (secondary N) is 2. The fraction of sp³-hybridized carbons (Fsp3) is 0.118. The standard InChI is InChI=1S/C17H16N4O2/c1-23-14-4-2-12(3-5-14)10-17(22)19-16-11-15(20-21-16)13-6-8-18-9-7-13/h2-9,11H,10H2,1H3,(H2,19,20,21,22). The molecule has 0 spiro atoms. The van der Waals surface area contributed by atoms with E-state index in [0.717, 1.165) is 22.6 Å². The van der Waals surface area contributed by atoms with Gasteiger partial charge in [0.1, 0.15) is 5.75 Å². The van der Waals surface area contributed by atoms with E-state index in [-0.39, 0.29) is 12.3 Å². The molecule has 0 aliphatic rings. The third-order valence-corrected chi connectivity index (χ3v) is 3.36. The van der Waals surface area contributed by atoms with Gasteiger partial charge in [-0.15, -0.1) is 0 Å². The van der Waals surface area contributed by atoms with Crippen molar-refractivity contribution >= 4 is 11.7 Å². The molecule has 0 aliphatic heterocycles. The summed E-state index contributed by atoms with van der Waals surface area (Å²) in [4.78, 5) is 16.0. The second kappa shape index (κ2) is 6.74. The zero-order valence-electron chi connectivity index (χ0n) is 12.6. The Morgan fingerprint density at radius 1 is 1.17 bits per heavy atom. The number of carbonyl (C=O) groups is 1. The largest absolute Gasteiger partial charge is 0.497 e. The number of anilines is 1. The van der Waals surface area contributed by atoms with Gasteiger partial charge in [0.05, 0.1) is 19.2 Å². The molecule has 0 bridgehead atoms. The highest BCUT2D eigenvalue weighted by atomic mass is 16.5. The number of hydrogen-bond donors (Lipinski definition) is 2. The second-order valence-electron chi connectivity index (χ2n) is 4.98. The smallest absolute Gasteiger partial charge is 0.229 e. The van der Waals surface area contributed by atoms with E-state index < -0.39 is 0 Å². The monoisotopic (exact) mass is 308 g/mol. The predicted octanol–water partition coefficient (Wildman–Crippen LogP) is 2.66. The van der Waals surface area contributed by atoms with E-state index in [1.165, 1.54) is 0 Å². The van der Waals surface area contributed by atoms with Crippen LogP contribution in [0, 0.1) is 0 Å². The first-order valence-electron chi connectivity index (χ1n) is 7.13. The first-order valence-corrected chi connectivity index (χ1v) is 7.13. The van der Waals surface area contributed by atoms with Crippen molar-refractivity contribution in [3.63, 3.8) is 0 Å². The molecule has 2 N–H and O–H groups in total. The van der Waals surface area contributed by atoms with Crippen LogP contribution in [0.3, 0.4) is 0 Å². The molecule has 6 nitrogen and oxygen atoms in total. The lowest BCUT2D eigenvalue weighted by molar-refractivity contribution is -0.115. The number of ether oxygens (including phenoxy) is 1. The van der Waals surface area contributed by atoms with E-state index in [4.69, 9.17) is 4.74 Å². The average molecular weight is 308 g/mol. The van der Waals surface area contributed by atoms with Crippen LogP contribution in [0.25, 0.3) is 11.3 Å². The van der Waals surface area contributed by atoms with Crippen molar-refractivity contribution in [3.05, 3.63) is 60.4 Å². The number of aromatic amines is 1. The molecule has 0 saturated heterocycles. The summed E-state index contributed by atoms with van der Waals surface area (Å²) in [5.41, 5.74) is 2.70. The number of rotatable bonds is 5. The predicted molar refractivity (Wildman–Crippen MR) is 87.1 cm³/mol. The Labute approximate surface area is 133 Å². The molecule has 23 heavy (non-hydrogen) atoms. The maximum Gasteiger partial charge on any atom is 0.229 e. The topological polar surface area (TPSA) is 79.9 Å². The van der Waals surface area contributed by atoms with Crippen LogP contribution in [-0.2, 0) is 11.2 Å². The Hall–Kier alpha value is -3.15. The summed E-state index contributed by atoms with van der Waals surface area (Å²) in [5, 5.41) is 9.78. The highest BCUT2D eigenvalue weighted by Gasteiger charge is 2.08. The summed E-state index contributed by atoms with van der Waals surface area (Å²) >= 11 is 0. The van der Waals surface area contributed by atoms with Crippen LogP contribution in [0.4, 0.5) is 5.82 Å². The number of carbonyl (C=O) groups excluding carboxylic acids is 1. The lowest BCUT2D eigenvalue weighted by Crippen LogP contribution is -2.14. The molecule has 0 unspecified atom stereocenters. The highest BCUT2D eigenvalue weighted by Crippen LogP contribution is 2.19. The molecular weight excluding hydrogens is 292 g/mol. The number of nitrogens with zero attached hydrogens (tertiary/aromatic N) is 2. The van der Waals surface area contributed by atoms with Crippen molar-refractivity contribution in [1.82, 2.24) is 15.2 Å². The zero-order chi connectivity index (χ0) is 16.1. The summed E-state index contributed by atoms with van der Waals surface area (Å²) < 4.78 is 5.10. The summed E-state index contributed by atoms with van der Waals surface area (Å²) in [6.07, 6.45) is 3.69. The SMILES string of the molecule is COc1ccc(CC(=O)Nc2cc(-c3ccncc3)[nH]n2)cc1. The molecule has 3 aromatic rings. The molecule has 116 valence electrons. The van der Waals surface area contributed by atoms with Crippen LogP contribution < -0.4 is 10.1 Å². The number of aromatic nitrogens is 3. The first-order chi connectivity index (χ1) is 11.2. The summed E-state index contributed by atoms with van der Waals surface area (Å²) in [6, 6.07) is 12.9. The van der Waals surface area contributed by atoms with Gasteiger partial charge in [0.15, 0.2) is 5.82 Å². The summed E-state index contributed by atoms with van der Waals surface area (Å²) in [5.74, 6) is 1.14. The van der Waals surface area contributed by atoms with Gasteiger partial charge >= 0.3 is 0 Å². The number of methoxy groups -OCH3 is 1. The van der Waals surface area contributed by atoms with Gasteiger partial charge in [-0.1, -0.05) is 12.1 Å². The fourth-order valence-corrected chi connectivity index (χ4v) is 2.18. The quantitative estimate of drug-likeness (QED) is 0.759.